The van der Waals surface area contributed by atoms with E-state index in [0.717, 1.165) is 30.0 Å². The highest BCUT2D eigenvalue weighted by Crippen LogP contribution is 2.15. The van der Waals surface area contributed by atoms with Gasteiger partial charge in [0.25, 0.3) is 15.7 Å². The van der Waals surface area contributed by atoms with Crippen molar-refractivity contribution >= 4 is 21.9 Å². The average molecular weight is 308 g/mol. The first-order valence-electron chi connectivity index (χ1n) is 5.81. The molecule has 1 aromatic heterocycles. The van der Waals surface area contributed by atoms with Gasteiger partial charge >= 0.3 is 0 Å². The van der Waals surface area contributed by atoms with E-state index in [-0.39, 0.29) is 10.6 Å². The molecule has 0 unspecified atom stereocenters. The van der Waals surface area contributed by atoms with E-state index in [0.29, 0.717) is 0 Å². The minimum atomic E-state index is -3.85. The van der Waals surface area contributed by atoms with Crippen LogP contribution in [-0.4, -0.2) is 24.1 Å². The number of hydrogen-bond donors (Lipinski definition) is 1. The monoisotopic (exact) mass is 308 g/mol. The van der Waals surface area contributed by atoms with Crippen LogP contribution in [0, 0.1) is 10.1 Å². The fraction of sp³-hybridized carbons (Fsp3) is 0.0833. The summed E-state index contributed by atoms with van der Waals surface area (Å²) < 4.78 is 25.6. The first-order valence-corrected chi connectivity index (χ1v) is 7.29. The highest BCUT2D eigenvalue weighted by molar-refractivity contribution is 7.89. The van der Waals surface area contributed by atoms with Gasteiger partial charge < -0.3 is 4.57 Å². The minimum absolute atomic E-state index is 0.0999. The predicted molar refractivity (Wildman–Crippen MR) is 76.4 cm³/mol. The van der Waals surface area contributed by atoms with E-state index in [2.05, 4.69) is 5.10 Å². The number of nitrogens with one attached hydrogen (secondary N) is 1. The van der Waals surface area contributed by atoms with Crippen molar-refractivity contribution < 1.29 is 13.3 Å². The van der Waals surface area contributed by atoms with Crippen LogP contribution in [0.5, 0.6) is 0 Å². The number of nitro groups is 1. The fourth-order valence-corrected chi connectivity index (χ4v) is 2.36. The molecule has 0 saturated carbocycles. The number of nitro benzene ring substituents is 1. The van der Waals surface area contributed by atoms with Crippen molar-refractivity contribution in [3.05, 3.63) is 58.4 Å². The van der Waals surface area contributed by atoms with E-state index in [1.165, 1.54) is 6.21 Å². The second-order valence-electron chi connectivity index (χ2n) is 4.15. The van der Waals surface area contributed by atoms with E-state index in [9.17, 15) is 18.5 Å². The Labute approximate surface area is 120 Å². The van der Waals surface area contributed by atoms with Crippen molar-refractivity contribution in [1.82, 2.24) is 9.40 Å². The smallest absolute Gasteiger partial charge is 0.276 e. The van der Waals surface area contributed by atoms with Gasteiger partial charge in [0.1, 0.15) is 0 Å². The van der Waals surface area contributed by atoms with Crippen molar-refractivity contribution in [2.24, 2.45) is 12.1 Å². The molecule has 2 aromatic rings. The number of benzene rings is 1. The molecule has 0 aliphatic carbocycles. The molecule has 0 saturated heterocycles. The molecule has 0 fully saturated rings. The van der Waals surface area contributed by atoms with Crippen LogP contribution in [0.15, 0.2) is 52.6 Å². The highest BCUT2D eigenvalue weighted by atomic mass is 32.2. The summed E-state index contributed by atoms with van der Waals surface area (Å²) in [6.07, 6.45) is 3.16. The molecule has 1 heterocycles. The number of hydrazone groups is 1. The zero-order valence-corrected chi connectivity index (χ0v) is 11.8. The summed E-state index contributed by atoms with van der Waals surface area (Å²) in [5.74, 6) is 0. The summed E-state index contributed by atoms with van der Waals surface area (Å²) in [7, 11) is -2.05. The molecule has 0 aliphatic heterocycles. The number of rotatable bonds is 5. The zero-order valence-electron chi connectivity index (χ0n) is 11.0. The number of aromatic nitrogens is 1. The lowest BCUT2D eigenvalue weighted by atomic mass is 10.3. The number of sulfonamides is 1. The van der Waals surface area contributed by atoms with Crippen molar-refractivity contribution in [2.45, 2.75) is 4.90 Å². The number of aryl methyl sites for hydroxylation is 1. The van der Waals surface area contributed by atoms with Crippen LogP contribution < -0.4 is 4.83 Å². The van der Waals surface area contributed by atoms with Gasteiger partial charge in [0, 0.05) is 25.4 Å². The maximum atomic E-state index is 11.9. The van der Waals surface area contributed by atoms with Crippen LogP contribution >= 0.6 is 0 Å². The summed E-state index contributed by atoms with van der Waals surface area (Å²) in [5, 5.41) is 14.2. The van der Waals surface area contributed by atoms with Crippen LogP contribution in [0.2, 0.25) is 0 Å². The van der Waals surface area contributed by atoms with Gasteiger partial charge in [-0.15, -0.1) is 0 Å². The molecule has 2 rings (SSSR count). The van der Waals surface area contributed by atoms with E-state index in [1.54, 1.807) is 29.9 Å². The Hall–Kier alpha value is -2.68. The van der Waals surface area contributed by atoms with Gasteiger partial charge in [0.05, 0.1) is 21.7 Å². The van der Waals surface area contributed by atoms with Crippen LogP contribution in [0.3, 0.4) is 0 Å². The molecule has 0 atom stereocenters. The minimum Gasteiger partial charge on any atom is -0.350 e. The van der Waals surface area contributed by atoms with Gasteiger partial charge in [0.2, 0.25) is 0 Å². The molecule has 1 aromatic carbocycles. The molecule has 8 nitrogen and oxygen atoms in total. The normalized spacial score (nSPS) is 11.7. The quantitative estimate of drug-likeness (QED) is 0.509. The lowest BCUT2D eigenvalue weighted by Crippen LogP contribution is -2.18. The van der Waals surface area contributed by atoms with Crippen LogP contribution in [0.4, 0.5) is 5.69 Å². The van der Waals surface area contributed by atoms with E-state index in [4.69, 9.17) is 0 Å². The Kier molecular flexibility index (Phi) is 4.03. The number of nitrogens with zero attached hydrogens (tertiary/aromatic N) is 3. The van der Waals surface area contributed by atoms with Crippen molar-refractivity contribution in [3.8, 4) is 0 Å². The summed E-state index contributed by atoms with van der Waals surface area (Å²) >= 11 is 0. The van der Waals surface area contributed by atoms with Crippen molar-refractivity contribution in [3.63, 3.8) is 0 Å². The standard InChI is InChI=1S/C12H12N4O4S/c1-15-8-2-3-11(15)9-13-14-21(19,20)12-6-4-10(5-7-12)16(17)18/h2-9,14H,1H3/b13-9+. The Morgan fingerprint density at radius 3 is 2.48 bits per heavy atom. The molecule has 0 aliphatic rings. The molecule has 0 radical (unpaired) electrons. The lowest BCUT2D eigenvalue weighted by Gasteiger charge is -2.03. The molecule has 110 valence electrons. The zero-order chi connectivity index (χ0) is 15.5. The third-order valence-electron chi connectivity index (χ3n) is 2.71. The third-order valence-corrected chi connectivity index (χ3v) is 3.95. The van der Waals surface area contributed by atoms with E-state index in [1.807, 2.05) is 4.83 Å². The van der Waals surface area contributed by atoms with Gasteiger partial charge in [-0.25, -0.2) is 4.83 Å². The van der Waals surface area contributed by atoms with Crippen molar-refractivity contribution in [2.75, 3.05) is 0 Å². The first-order chi connectivity index (χ1) is 9.90. The average Bonchev–Trinajstić information content (AvgIpc) is 2.84. The van der Waals surface area contributed by atoms with Crippen LogP contribution in [-0.2, 0) is 17.1 Å². The van der Waals surface area contributed by atoms with Gasteiger partial charge in [0.15, 0.2) is 0 Å². The first kappa shape index (κ1) is 14.7. The summed E-state index contributed by atoms with van der Waals surface area (Å²) in [6.45, 7) is 0. The second-order valence-corrected chi connectivity index (χ2v) is 5.81. The van der Waals surface area contributed by atoms with Gasteiger partial charge in [-0.2, -0.15) is 13.5 Å². The molecule has 0 amide bonds. The maximum absolute atomic E-state index is 11.9. The fourth-order valence-electron chi connectivity index (χ4n) is 1.57. The van der Waals surface area contributed by atoms with Crippen LogP contribution in [0.25, 0.3) is 0 Å². The maximum Gasteiger partial charge on any atom is 0.276 e. The number of hydrogen-bond acceptors (Lipinski definition) is 5. The Morgan fingerprint density at radius 1 is 1.29 bits per heavy atom. The molecular formula is C12H12N4O4S. The second kappa shape index (κ2) is 5.75. The SMILES string of the molecule is Cn1cccc1/C=N/NS(=O)(=O)c1ccc([N+](=O)[O-])cc1. The van der Waals surface area contributed by atoms with E-state index >= 15 is 0 Å². The topological polar surface area (TPSA) is 107 Å². The van der Waals surface area contributed by atoms with Gasteiger partial charge in [-0.1, -0.05) is 0 Å². The molecule has 9 heteroatoms. The van der Waals surface area contributed by atoms with Crippen molar-refractivity contribution in [1.29, 1.82) is 0 Å². The number of non-ortho nitro benzene ring substituents is 1. The van der Waals surface area contributed by atoms with Gasteiger partial charge in [-0.3, -0.25) is 10.1 Å². The Bertz CT molecular complexity index is 778. The Morgan fingerprint density at radius 2 is 1.95 bits per heavy atom. The molecular weight excluding hydrogens is 296 g/mol. The van der Waals surface area contributed by atoms with Gasteiger partial charge in [-0.05, 0) is 24.3 Å². The summed E-state index contributed by atoms with van der Waals surface area (Å²) in [6, 6.07) is 8.11. The summed E-state index contributed by atoms with van der Waals surface area (Å²) in [4.78, 5) is 11.9. The Balaban J connectivity index is 2.13. The largest absolute Gasteiger partial charge is 0.350 e. The van der Waals surface area contributed by atoms with Crippen LogP contribution in [0.1, 0.15) is 5.69 Å². The molecule has 0 spiro atoms. The predicted octanol–water partition coefficient (Wildman–Crippen LogP) is 1.25. The molecule has 1 N–H and O–H groups in total. The molecule has 21 heavy (non-hydrogen) atoms. The van der Waals surface area contributed by atoms with E-state index < -0.39 is 14.9 Å². The summed E-state index contributed by atoms with van der Waals surface area (Å²) in [5.41, 5.74) is 0.544. The lowest BCUT2D eigenvalue weighted by molar-refractivity contribution is -0.384. The third kappa shape index (κ3) is 3.45. The molecule has 0 bridgehead atoms. The highest BCUT2D eigenvalue weighted by Gasteiger charge is 2.14.